The van der Waals surface area contributed by atoms with Gasteiger partial charge in [-0.05, 0) is 67.1 Å². The largest absolute Gasteiger partial charge is 0.495 e. The molecule has 9 heteroatoms. The zero-order valence-electron chi connectivity index (χ0n) is 23.5. The quantitative estimate of drug-likeness (QED) is 0.265. The number of rotatable bonds is 10. The number of benzene rings is 2. The van der Waals surface area contributed by atoms with Crippen LogP contribution in [0.15, 0.2) is 83.4 Å². The van der Waals surface area contributed by atoms with E-state index in [-0.39, 0.29) is 17.6 Å². The zero-order valence-corrected chi connectivity index (χ0v) is 23.5. The number of carbonyl (C=O) groups is 2. The Balaban J connectivity index is 1.21. The summed E-state index contributed by atoms with van der Waals surface area (Å²) < 4.78 is 26.9. The first kappa shape index (κ1) is 28.0. The molecule has 1 aliphatic rings. The number of piperazine rings is 1. The summed E-state index contributed by atoms with van der Waals surface area (Å²) in [5, 5.41) is 0. The number of ether oxygens (including phenoxy) is 1. The summed E-state index contributed by atoms with van der Waals surface area (Å²) in [5.41, 5.74) is 2.42. The van der Waals surface area contributed by atoms with E-state index < -0.39 is 0 Å². The molecule has 41 heavy (non-hydrogen) atoms. The first-order valence-electron chi connectivity index (χ1n) is 13.9. The predicted octanol–water partition coefficient (Wildman–Crippen LogP) is 5.29. The predicted molar refractivity (Wildman–Crippen MR) is 155 cm³/mol. The first-order chi connectivity index (χ1) is 20.0. The van der Waals surface area contributed by atoms with Crippen LogP contribution in [0.1, 0.15) is 45.7 Å². The van der Waals surface area contributed by atoms with Crippen molar-refractivity contribution in [3.63, 3.8) is 0 Å². The van der Waals surface area contributed by atoms with Gasteiger partial charge >= 0.3 is 0 Å². The number of furan rings is 1. The smallest absolute Gasteiger partial charge is 0.289 e. The van der Waals surface area contributed by atoms with E-state index in [0.29, 0.717) is 62.9 Å². The van der Waals surface area contributed by atoms with Crippen LogP contribution in [0.2, 0.25) is 0 Å². The highest BCUT2D eigenvalue weighted by Crippen LogP contribution is 2.28. The lowest BCUT2D eigenvalue weighted by molar-refractivity contribution is 0.0709. The lowest BCUT2D eigenvalue weighted by atomic mass is 10.2. The molecular formula is C32H35FN4O4. The van der Waals surface area contributed by atoms with Gasteiger partial charge in [-0.25, -0.2) is 4.39 Å². The standard InChI is InChI=1S/C32H35FN4O4/c1-3-16-37(31(38)24-10-12-25(33)13-11-24)22-26-7-6-17-36(26)23-27-14-15-30(41-27)32(39)35-20-18-34(19-21-35)28-8-4-5-9-29(28)40-2/h4-15,17H,3,16,18-23H2,1-2H3. The molecule has 0 unspecified atom stereocenters. The van der Waals surface area contributed by atoms with E-state index in [9.17, 15) is 14.0 Å². The number of nitrogens with zero attached hydrogens (tertiary/aromatic N) is 4. The fraction of sp³-hybridized carbons (Fsp3) is 0.312. The number of para-hydroxylation sites is 2. The Kier molecular flexibility index (Phi) is 8.72. The second-order valence-corrected chi connectivity index (χ2v) is 10.1. The van der Waals surface area contributed by atoms with Crippen LogP contribution < -0.4 is 9.64 Å². The average molecular weight is 559 g/mol. The number of hydrogen-bond acceptors (Lipinski definition) is 5. The third-order valence-electron chi connectivity index (χ3n) is 7.34. The zero-order chi connectivity index (χ0) is 28.8. The van der Waals surface area contributed by atoms with Gasteiger partial charge in [0.1, 0.15) is 17.3 Å². The van der Waals surface area contributed by atoms with E-state index in [4.69, 9.17) is 9.15 Å². The molecule has 3 heterocycles. The van der Waals surface area contributed by atoms with Crippen molar-refractivity contribution in [3.05, 3.63) is 108 Å². The summed E-state index contributed by atoms with van der Waals surface area (Å²) in [5.74, 6) is 1.16. The van der Waals surface area contributed by atoms with Crippen LogP contribution in [0.4, 0.5) is 10.1 Å². The number of halogens is 1. The van der Waals surface area contributed by atoms with Crippen LogP contribution in [0.25, 0.3) is 0 Å². The summed E-state index contributed by atoms with van der Waals surface area (Å²) in [6, 6.07) is 21.0. The maximum absolute atomic E-state index is 13.4. The van der Waals surface area contributed by atoms with E-state index in [1.807, 2.05) is 65.1 Å². The number of aromatic nitrogens is 1. The number of methoxy groups -OCH3 is 1. The minimum atomic E-state index is -0.371. The summed E-state index contributed by atoms with van der Waals surface area (Å²) in [7, 11) is 1.67. The van der Waals surface area contributed by atoms with E-state index in [1.54, 1.807) is 18.1 Å². The van der Waals surface area contributed by atoms with Crippen LogP contribution in [0, 0.1) is 5.82 Å². The van der Waals surface area contributed by atoms with Gasteiger partial charge in [-0.2, -0.15) is 0 Å². The van der Waals surface area contributed by atoms with Crippen molar-refractivity contribution >= 4 is 17.5 Å². The van der Waals surface area contributed by atoms with E-state index in [1.165, 1.54) is 24.3 Å². The van der Waals surface area contributed by atoms with Crippen LogP contribution in [0.5, 0.6) is 5.75 Å². The minimum absolute atomic E-state index is 0.123. The van der Waals surface area contributed by atoms with Gasteiger partial charge < -0.3 is 28.4 Å². The van der Waals surface area contributed by atoms with Crippen LogP contribution in [-0.2, 0) is 13.1 Å². The van der Waals surface area contributed by atoms with E-state index in [2.05, 4.69) is 4.90 Å². The van der Waals surface area contributed by atoms with Gasteiger partial charge in [0.05, 0.1) is 25.9 Å². The summed E-state index contributed by atoms with van der Waals surface area (Å²) in [6.45, 7) is 6.01. The van der Waals surface area contributed by atoms with Gasteiger partial charge in [0.2, 0.25) is 0 Å². The molecule has 1 aliphatic heterocycles. The topological polar surface area (TPSA) is 71.2 Å². The molecule has 0 bridgehead atoms. The average Bonchev–Trinajstić information content (AvgIpc) is 3.66. The Hall–Kier alpha value is -4.53. The Bertz CT molecular complexity index is 1470. The minimum Gasteiger partial charge on any atom is -0.495 e. The number of hydrogen-bond donors (Lipinski definition) is 0. The molecule has 0 saturated carbocycles. The molecule has 0 spiro atoms. The van der Waals surface area contributed by atoms with Gasteiger partial charge in [0, 0.05) is 50.2 Å². The Morgan fingerprint density at radius 1 is 0.951 bits per heavy atom. The molecule has 0 N–H and O–H groups in total. The summed E-state index contributed by atoms with van der Waals surface area (Å²) in [6.07, 6.45) is 2.73. The molecule has 214 valence electrons. The summed E-state index contributed by atoms with van der Waals surface area (Å²) in [4.78, 5) is 32.2. The Labute approximate surface area is 239 Å². The molecule has 2 amide bonds. The normalized spacial score (nSPS) is 13.3. The van der Waals surface area contributed by atoms with E-state index >= 15 is 0 Å². The van der Waals surface area contributed by atoms with Crippen LogP contribution >= 0.6 is 0 Å². The van der Waals surface area contributed by atoms with Crippen LogP contribution in [-0.4, -0.2) is 66.0 Å². The molecule has 0 atom stereocenters. The highest BCUT2D eigenvalue weighted by molar-refractivity contribution is 5.94. The maximum Gasteiger partial charge on any atom is 0.289 e. The maximum atomic E-state index is 13.4. The molecule has 0 radical (unpaired) electrons. The lowest BCUT2D eigenvalue weighted by Crippen LogP contribution is -2.48. The molecule has 1 saturated heterocycles. The fourth-order valence-corrected chi connectivity index (χ4v) is 5.18. The van der Waals surface area contributed by atoms with Gasteiger partial charge in [-0.15, -0.1) is 0 Å². The molecule has 1 fully saturated rings. The van der Waals surface area contributed by atoms with Crippen molar-refractivity contribution in [2.45, 2.75) is 26.4 Å². The molecule has 2 aromatic heterocycles. The number of anilines is 1. The number of carbonyl (C=O) groups excluding carboxylic acids is 2. The van der Waals surface area contributed by atoms with E-state index in [0.717, 1.165) is 23.6 Å². The molecule has 8 nitrogen and oxygen atoms in total. The third kappa shape index (κ3) is 6.45. The van der Waals surface area contributed by atoms with Crippen molar-refractivity contribution in [1.29, 1.82) is 0 Å². The SMILES string of the molecule is CCCN(Cc1cccn1Cc1ccc(C(=O)N2CCN(c3ccccc3OC)CC2)o1)C(=O)c1ccc(F)cc1. The highest BCUT2D eigenvalue weighted by Gasteiger charge is 2.26. The van der Waals surface area contributed by atoms with Crippen molar-refractivity contribution in [2.24, 2.45) is 0 Å². The molecule has 0 aliphatic carbocycles. The van der Waals surface area contributed by atoms with Crippen LogP contribution in [0.3, 0.4) is 0 Å². The monoisotopic (exact) mass is 558 g/mol. The lowest BCUT2D eigenvalue weighted by Gasteiger charge is -2.36. The van der Waals surface area contributed by atoms with Gasteiger partial charge in [-0.3, -0.25) is 9.59 Å². The van der Waals surface area contributed by atoms with Crippen molar-refractivity contribution < 1.29 is 23.1 Å². The van der Waals surface area contributed by atoms with Gasteiger partial charge in [0.15, 0.2) is 5.76 Å². The fourth-order valence-electron chi connectivity index (χ4n) is 5.18. The van der Waals surface area contributed by atoms with Crippen molar-refractivity contribution in [2.75, 3.05) is 44.7 Å². The Morgan fingerprint density at radius 3 is 2.44 bits per heavy atom. The molecule has 4 aromatic rings. The number of amides is 2. The molecule has 5 rings (SSSR count). The van der Waals surface area contributed by atoms with Crippen molar-refractivity contribution in [3.8, 4) is 5.75 Å². The Morgan fingerprint density at radius 2 is 1.71 bits per heavy atom. The van der Waals surface area contributed by atoms with Gasteiger partial charge in [-0.1, -0.05) is 19.1 Å². The van der Waals surface area contributed by atoms with Gasteiger partial charge in [0.25, 0.3) is 11.8 Å². The second-order valence-electron chi connectivity index (χ2n) is 10.1. The molecule has 2 aromatic carbocycles. The second kappa shape index (κ2) is 12.8. The van der Waals surface area contributed by atoms with Crippen molar-refractivity contribution in [1.82, 2.24) is 14.4 Å². The third-order valence-corrected chi connectivity index (χ3v) is 7.34. The first-order valence-corrected chi connectivity index (χ1v) is 13.9. The summed E-state index contributed by atoms with van der Waals surface area (Å²) >= 11 is 0. The molecular weight excluding hydrogens is 523 g/mol. The highest BCUT2D eigenvalue weighted by atomic mass is 19.1.